The molecule has 1 amide bonds. The summed E-state index contributed by atoms with van der Waals surface area (Å²) in [6.07, 6.45) is 0. The van der Waals surface area contributed by atoms with Crippen molar-refractivity contribution >= 4 is 44.0 Å². The van der Waals surface area contributed by atoms with Crippen LogP contribution in [0.1, 0.15) is 29.9 Å². The molecule has 196 valence electrons. The van der Waals surface area contributed by atoms with Crippen LogP contribution in [-0.4, -0.2) is 37.8 Å². The molecule has 2 aromatic heterocycles. The first kappa shape index (κ1) is 26.6. The van der Waals surface area contributed by atoms with Gasteiger partial charge in [-0.05, 0) is 56.2 Å². The van der Waals surface area contributed by atoms with Crippen LogP contribution in [0.3, 0.4) is 0 Å². The van der Waals surface area contributed by atoms with E-state index in [-0.39, 0.29) is 22.5 Å². The number of amides is 1. The second kappa shape index (κ2) is 10.5. The number of fused-ring (bicyclic) bond motifs is 1. The van der Waals surface area contributed by atoms with E-state index in [4.69, 9.17) is 10.5 Å². The highest BCUT2D eigenvalue weighted by Crippen LogP contribution is 2.34. The maximum Gasteiger partial charge on any atom is 0.272 e. The molecule has 9 nitrogen and oxygen atoms in total. The van der Waals surface area contributed by atoms with Crippen LogP contribution < -0.4 is 20.5 Å². The molecular weight excluding hydrogens is 510 g/mol. The number of anilines is 1. The summed E-state index contributed by atoms with van der Waals surface area (Å²) in [7, 11) is -2.28. The minimum atomic E-state index is -3.82. The van der Waals surface area contributed by atoms with E-state index in [1.54, 1.807) is 36.7 Å². The van der Waals surface area contributed by atoms with Crippen molar-refractivity contribution in [3.8, 4) is 5.75 Å². The van der Waals surface area contributed by atoms with E-state index in [1.165, 1.54) is 18.4 Å². The molecule has 0 unspecified atom stereocenters. The fraction of sp³-hybridized carbons (Fsp3) is 0.308. The lowest BCUT2D eigenvalue weighted by molar-refractivity contribution is -0.129. The quantitative estimate of drug-likeness (QED) is 0.280. The molecule has 0 radical (unpaired) electrons. The fourth-order valence-electron chi connectivity index (χ4n) is 3.82. The Bertz CT molecular complexity index is 1540. The summed E-state index contributed by atoms with van der Waals surface area (Å²) in [4.78, 5) is 13.3. The van der Waals surface area contributed by atoms with Crippen molar-refractivity contribution < 1.29 is 17.9 Å². The minimum Gasteiger partial charge on any atom is -0.496 e. The summed E-state index contributed by atoms with van der Waals surface area (Å²) >= 11 is 1.20. The molecule has 0 atom stereocenters. The highest BCUT2D eigenvalue weighted by molar-refractivity contribution is 7.94. The molecule has 0 fully saturated rings. The van der Waals surface area contributed by atoms with Crippen LogP contribution in [0.2, 0.25) is 0 Å². The zero-order chi connectivity index (χ0) is 26.8. The molecule has 4 aromatic rings. The largest absolute Gasteiger partial charge is 0.496 e. The van der Waals surface area contributed by atoms with Gasteiger partial charge in [0, 0.05) is 18.0 Å². The van der Waals surface area contributed by atoms with E-state index >= 15 is 0 Å². The van der Waals surface area contributed by atoms with E-state index in [9.17, 15) is 13.2 Å². The normalized spacial score (nSPS) is 12.0. The number of carbonyl (C=O) groups excluding carboxylic acids is 1. The number of nitrogens with one attached hydrogen (secondary N) is 2. The Labute approximate surface area is 220 Å². The molecule has 0 saturated carbocycles. The number of hydrogen-bond donors (Lipinski definition) is 3. The third kappa shape index (κ3) is 5.79. The summed E-state index contributed by atoms with van der Waals surface area (Å²) in [6, 6.07) is 16.6. The minimum absolute atomic E-state index is 0.108. The molecular formula is C26H31N5O4S2. The topological polar surface area (TPSA) is 128 Å². The number of thiophene rings is 1. The SMILES string of the molecule is COc1cccc2c1c(NS(=O)(=O)c1ccc(C)s1)nn2Cc1cccc(CNC(=O)C(C)(C)CN)c1. The van der Waals surface area contributed by atoms with Gasteiger partial charge in [0.05, 0.1) is 30.0 Å². The number of aryl methyl sites for hydroxylation is 1. The van der Waals surface area contributed by atoms with Crippen LogP contribution >= 0.6 is 11.3 Å². The third-order valence-corrected chi connectivity index (χ3v) is 8.90. The molecule has 2 aromatic carbocycles. The van der Waals surface area contributed by atoms with Crippen molar-refractivity contribution in [2.75, 3.05) is 18.4 Å². The molecule has 0 spiro atoms. The zero-order valence-corrected chi connectivity index (χ0v) is 22.9. The van der Waals surface area contributed by atoms with Crippen molar-refractivity contribution in [2.24, 2.45) is 11.1 Å². The number of aromatic nitrogens is 2. The zero-order valence-electron chi connectivity index (χ0n) is 21.2. The van der Waals surface area contributed by atoms with E-state index in [0.29, 0.717) is 24.2 Å². The average molecular weight is 542 g/mol. The molecule has 4 rings (SSSR count). The van der Waals surface area contributed by atoms with Crippen molar-refractivity contribution in [1.29, 1.82) is 0 Å². The van der Waals surface area contributed by atoms with Crippen LogP contribution in [0.25, 0.3) is 10.9 Å². The Morgan fingerprint density at radius 3 is 2.54 bits per heavy atom. The Morgan fingerprint density at radius 1 is 1.14 bits per heavy atom. The number of hydrogen-bond acceptors (Lipinski definition) is 7. The van der Waals surface area contributed by atoms with Gasteiger partial charge < -0.3 is 15.8 Å². The Hall–Kier alpha value is -3.41. The lowest BCUT2D eigenvalue weighted by Crippen LogP contribution is -2.41. The van der Waals surface area contributed by atoms with Crippen LogP contribution in [-0.2, 0) is 27.9 Å². The first-order valence-corrected chi connectivity index (χ1v) is 14.0. The smallest absolute Gasteiger partial charge is 0.272 e. The fourth-order valence-corrected chi connectivity index (χ4v) is 6.11. The number of nitrogens with zero attached hydrogens (tertiary/aromatic N) is 2. The van der Waals surface area contributed by atoms with Gasteiger partial charge in [0.2, 0.25) is 5.91 Å². The van der Waals surface area contributed by atoms with Crippen molar-refractivity contribution in [3.05, 3.63) is 70.6 Å². The van der Waals surface area contributed by atoms with Gasteiger partial charge in [0.1, 0.15) is 9.96 Å². The summed E-state index contributed by atoms with van der Waals surface area (Å²) in [5.74, 6) is 0.608. The Kier molecular flexibility index (Phi) is 7.58. The lowest BCUT2D eigenvalue weighted by Gasteiger charge is -2.21. The van der Waals surface area contributed by atoms with E-state index in [2.05, 4.69) is 15.1 Å². The predicted molar refractivity (Wildman–Crippen MR) is 146 cm³/mol. The highest BCUT2D eigenvalue weighted by Gasteiger charge is 2.25. The Morgan fingerprint density at radius 2 is 1.86 bits per heavy atom. The number of rotatable bonds is 10. The van der Waals surface area contributed by atoms with E-state index in [0.717, 1.165) is 21.5 Å². The summed E-state index contributed by atoms with van der Waals surface area (Å²) in [5, 5.41) is 8.14. The number of methoxy groups -OCH3 is 1. The van der Waals surface area contributed by atoms with Gasteiger partial charge >= 0.3 is 0 Å². The van der Waals surface area contributed by atoms with Crippen LogP contribution in [0.5, 0.6) is 5.75 Å². The molecule has 2 heterocycles. The first-order valence-electron chi connectivity index (χ1n) is 11.7. The van der Waals surface area contributed by atoms with Crippen molar-refractivity contribution in [3.63, 3.8) is 0 Å². The highest BCUT2D eigenvalue weighted by atomic mass is 32.2. The van der Waals surface area contributed by atoms with Crippen molar-refractivity contribution in [2.45, 2.75) is 38.1 Å². The molecule has 0 bridgehead atoms. The van der Waals surface area contributed by atoms with Crippen LogP contribution in [0.15, 0.2) is 58.8 Å². The molecule has 0 aliphatic rings. The second-order valence-corrected chi connectivity index (χ2v) is 12.6. The summed E-state index contributed by atoms with van der Waals surface area (Å²) in [6.45, 7) is 6.49. The van der Waals surface area contributed by atoms with Gasteiger partial charge in [-0.2, -0.15) is 5.10 Å². The van der Waals surface area contributed by atoms with Gasteiger partial charge in [-0.1, -0.05) is 30.3 Å². The number of ether oxygens (including phenoxy) is 1. The molecule has 4 N–H and O–H groups in total. The van der Waals surface area contributed by atoms with Gasteiger partial charge in [0.25, 0.3) is 10.0 Å². The number of benzene rings is 2. The number of sulfonamides is 1. The van der Waals surface area contributed by atoms with Gasteiger partial charge in [0.15, 0.2) is 5.82 Å². The maximum atomic E-state index is 13.1. The lowest BCUT2D eigenvalue weighted by atomic mass is 9.92. The van der Waals surface area contributed by atoms with Crippen LogP contribution in [0, 0.1) is 12.3 Å². The van der Waals surface area contributed by atoms with Gasteiger partial charge in [-0.15, -0.1) is 11.3 Å². The van der Waals surface area contributed by atoms with Gasteiger partial charge in [-0.3, -0.25) is 14.2 Å². The number of nitrogens with two attached hydrogens (primary N) is 1. The van der Waals surface area contributed by atoms with Gasteiger partial charge in [-0.25, -0.2) is 8.42 Å². The second-order valence-electron chi connectivity index (χ2n) is 9.42. The average Bonchev–Trinajstić information content (AvgIpc) is 3.46. The summed E-state index contributed by atoms with van der Waals surface area (Å²) in [5.41, 5.74) is 7.66. The molecule has 0 aliphatic heterocycles. The van der Waals surface area contributed by atoms with Crippen LogP contribution in [0.4, 0.5) is 5.82 Å². The van der Waals surface area contributed by atoms with E-state index in [1.807, 2.05) is 43.3 Å². The molecule has 0 aliphatic carbocycles. The summed E-state index contributed by atoms with van der Waals surface area (Å²) < 4.78 is 36.3. The van der Waals surface area contributed by atoms with E-state index < -0.39 is 15.4 Å². The molecule has 0 saturated heterocycles. The maximum absolute atomic E-state index is 13.1. The third-order valence-electron chi connectivity index (χ3n) is 6.07. The molecule has 37 heavy (non-hydrogen) atoms. The Balaban J connectivity index is 1.63. The first-order chi connectivity index (χ1) is 17.5. The monoisotopic (exact) mass is 541 g/mol. The standard InChI is InChI=1S/C26H31N5O4S2/c1-17-11-12-22(36-17)37(33,34)30-24-23-20(9-6-10-21(23)35-4)31(29-24)15-19-8-5-7-18(13-19)14-28-25(32)26(2,3)16-27/h5-13H,14-16,27H2,1-4H3,(H,28,32)(H,29,30). The molecule has 11 heteroatoms. The predicted octanol–water partition coefficient (Wildman–Crippen LogP) is 3.87. The number of carbonyl (C=O) groups is 1. The van der Waals surface area contributed by atoms with Crippen molar-refractivity contribution in [1.82, 2.24) is 15.1 Å².